The van der Waals surface area contributed by atoms with E-state index in [2.05, 4.69) is 32.9 Å². The Labute approximate surface area is 90.9 Å². The summed E-state index contributed by atoms with van der Waals surface area (Å²) in [6, 6.07) is 3.88. The van der Waals surface area contributed by atoms with E-state index in [1.165, 1.54) is 5.56 Å². The van der Waals surface area contributed by atoms with Crippen molar-refractivity contribution in [2.75, 3.05) is 0 Å². The van der Waals surface area contributed by atoms with Gasteiger partial charge in [-0.15, -0.1) is 0 Å². The molecule has 2 heterocycles. The first-order valence-electron chi connectivity index (χ1n) is 4.33. The van der Waals surface area contributed by atoms with Crippen molar-refractivity contribution >= 4 is 15.9 Å². The van der Waals surface area contributed by atoms with Crippen LogP contribution in [0.25, 0.3) is 5.69 Å². The molecule has 72 valence electrons. The Balaban J connectivity index is 2.48. The van der Waals surface area contributed by atoms with E-state index < -0.39 is 0 Å². The van der Waals surface area contributed by atoms with E-state index in [9.17, 15) is 0 Å². The third-order valence-electron chi connectivity index (χ3n) is 2.16. The highest BCUT2D eigenvalue weighted by molar-refractivity contribution is 9.08. The second-order valence-electron chi connectivity index (χ2n) is 3.01. The minimum Gasteiger partial charge on any atom is -0.265 e. The molecule has 0 aliphatic heterocycles. The summed E-state index contributed by atoms with van der Waals surface area (Å²) in [6.07, 6.45) is 5.42. The van der Waals surface area contributed by atoms with Crippen LogP contribution in [-0.4, -0.2) is 14.8 Å². The van der Waals surface area contributed by atoms with Gasteiger partial charge in [0.1, 0.15) is 0 Å². The monoisotopic (exact) mass is 251 g/mol. The number of alkyl halides is 1. The first-order valence-corrected chi connectivity index (χ1v) is 5.45. The van der Waals surface area contributed by atoms with Crippen LogP contribution in [0.15, 0.2) is 30.7 Å². The molecule has 0 bridgehead atoms. The van der Waals surface area contributed by atoms with Crippen LogP contribution in [0, 0.1) is 6.92 Å². The molecule has 2 rings (SSSR count). The molecule has 0 N–H and O–H groups in total. The number of nitrogens with zero attached hydrogens (tertiary/aromatic N) is 3. The normalized spacial score (nSPS) is 10.4. The summed E-state index contributed by atoms with van der Waals surface area (Å²) in [7, 11) is 0. The Morgan fingerprint density at radius 3 is 2.64 bits per heavy atom. The fourth-order valence-electron chi connectivity index (χ4n) is 1.32. The van der Waals surface area contributed by atoms with Gasteiger partial charge in [0.15, 0.2) is 0 Å². The van der Waals surface area contributed by atoms with E-state index in [1.807, 2.05) is 23.0 Å². The van der Waals surface area contributed by atoms with Crippen molar-refractivity contribution in [1.82, 2.24) is 14.8 Å². The second-order valence-corrected chi connectivity index (χ2v) is 3.57. The van der Waals surface area contributed by atoms with Gasteiger partial charge in [0.2, 0.25) is 0 Å². The quantitative estimate of drug-likeness (QED) is 0.768. The van der Waals surface area contributed by atoms with Crippen molar-refractivity contribution in [3.05, 3.63) is 42.0 Å². The summed E-state index contributed by atoms with van der Waals surface area (Å²) >= 11 is 3.43. The standard InChI is InChI=1S/C10H10BrN3/c1-8-9(6-11)7-13-14(8)10-2-4-12-5-3-10/h2-5,7H,6H2,1H3. The molecule has 0 amide bonds. The number of aromatic nitrogens is 3. The van der Waals surface area contributed by atoms with Gasteiger partial charge in [-0.05, 0) is 19.1 Å². The van der Waals surface area contributed by atoms with Gasteiger partial charge in [-0.25, -0.2) is 4.68 Å². The highest BCUT2D eigenvalue weighted by Gasteiger charge is 2.05. The third kappa shape index (κ3) is 1.57. The van der Waals surface area contributed by atoms with Gasteiger partial charge in [0.05, 0.1) is 11.9 Å². The molecule has 0 saturated carbocycles. The molecule has 0 saturated heterocycles. The lowest BCUT2D eigenvalue weighted by molar-refractivity contribution is 0.843. The lowest BCUT2D eigenvalue weighted by Crippen LogP contribution is -1.98. The van der Waals surface area contributed by atoms with E-state index in [4.69, 9.17) is 0 Å². The van der Waals surface area contributed by atoms with Crippen molar-refractivity contribution < 1.29 is 0 Å². The average Bonchev–Trinajstić information content (AvgIpc) is 2.61. The van der Waals surface area contributed by atoms with Crippen LogP contribution < -0.4 is 0 Å². The summed E-state index contributed by atoms with van der Waals surface area (Å²) in [5.74, 6) is 0. The summed E-state index contributed by atoms with van der Waals surface area (Å²) in [5, 5.41) is 5.15. The SMILES string of the molecule is Cc1c(CBr)cnn1-c1ccncc1. The van der Waals surface area contributed by atoms with E-state index in [0.717, 1.165) is 16.7 Å². The summed E-state index contributed by atoms with van der Waals surface area (Å²) in [5.41, 5.74) is 3.42. The fraction of sp³-hybridized carbons (Fsp3) is 0.200. The number of rotatable bonds is 2. The Kier molecular flexibility index (Phi) is 2.63. The number of halogens is 1. The number of hydrogen-bond acceptors (Lipinski definition) is 2. The maximum absolute atomic E-state index is 4.32. The molecule has 2 aromatic heterocycles. The first-order chi connectivity index (χ1) is 6.83. The molecule has 0 spiro atoms. The molecule has 0 fully saturated rings. The van der Waals surface area contributed by atoms with Crippen LogP contribution in [0.3, 0.4) is 0 Å². The van der Waals surface area contributed by atoms with Gasteiger partial charge in [0.25, 0.3) is 0 Å². The molecule has 3 nitrogen and oxygen atoms in total. The van der Waals surface area contributed by atoms with Crippen molar-refractivity contribution in [2.24, 2.45) is 0 Å². The predicted octanol–water partition coefficient (Wildman–Crippen LogP) is 2.47. The van der Waals surface area contributed by atoms with Crippen molar-refractivity contribution in [1.29, 1.82) is 0 Å². The summed E-state index contributed by atoms with van der Waals surface area (Å²) in [6.45, 7) is 2.06. The Morgan fingerprint density at radius 1 is 1.36 bits per heavy atom. The molecule has 0 atom stereocenters. The molecule has 0 radical (unpaired) electrons. The summed E-state index contributed by atoms with van der Waals surface area (Å²) in [4.78, 5) is 3.98. The zero-order valence-corrected chi connectivity index (χ0v) is 9.40. The van der Waals surface area contributed by atoms with Crippen molar-refractivity contribution in [3.63, 3.8) is 0 Å². The Hall–Kier alpha value is -1.16. The number of hydrogen-bond donors (Lipinski definition) is 0. The van der Waals surface area contributed by atoms with Gasteiger partial charge in [-0.2, -0.15) is 5.10 Å². The van der Waals surface area contributed by atoms with Crippen molar-refractivity contribution in [2.45, 2.75) is 12.3 Å². The topological polar surface area (TPSA) is 30.7 Å². The molecular formula is C10H10BrN3. The van der Waals surface area contributed by atoms with Gasteiger partial charge in [0, 0.05) is 29.0 Å². The van der Waals surface area contributed by atoms with Crippen LogP contribution in [0.5, 0.6) is 0 Å². The van der Waals surface area contributed by atoms with Gasteiger partial charge < -0.3 is 0 Å². The van der Waals surface area contributed by atoms with Crippen LogP contribution in [0.4, 0.5) is 0 Å². The molecule has 14 heavy (non-hydrogen) atoms. The first kappa shape index (κ1) is 9.40. The van der Waals surface area contributed by atoms with E-state index >= 15 is 0 Å². The Bertz CT molecular complexity index is 422. The molecule has 0 aliphatic rings. The van der Waals surface area contributed by atoms with Gasteiger partial charge >= 0.3 is 0 Å². The van der Waals surface area contributed by atoms with Crippen molar-refractivity contribution in [3.8, 4) is 5.69 Å². The second kappa shape index (κ2) is 3.92. The number of pyridine rings is 1. The van der Waals surface area contributed by atoms with Crippen LogP contribution in [0.2, 0.25) is 0 Å². The van der Waals surface area contributed by atoms with E-state index in [-0.39, 0.29) is 0 Å². The smallest absolute Gasteiger partial charge is 0.0679 e. The molecule has 4 heteroatoms. The fourth-order valence-corrected chi connectivity index (χ4v) is 1.87. The lowest BCUT2D eigenvalue weighted by atomic mass is 10.3. The minimum atomic E-state index is 0.837. The van der Waals surface area contributed by atoms with E-state index in [1.54, 1.807) is 12.4 Å². The van der Waals surface area contributed by atoms with Gasteiger partial charge in [-0.3, -0.25) is 4.98 Å². The summed E-state index contributed by atoms with van der Waals surface area (Å²) < 4.78 is 1.91. The molecule has 0 aromatic carbocycles. The zero-order valence-electron chi connectivity index (χ0n) is 7.81. The molecule has 2 aromatic rings. The molecular weight excluding hydrogens is 242 g/mol. The predicted molar refractivity (Wildman–Crippen MR) is 58.7 cm³/mol. The zero-order chi connectivity index (χ0) is 9.97. The van der Waals surface area contributed by atoms with Crippen LogP contribution >= 0.6 is 15.9 Å². The Morgan fingerprint density at radius 2 is 2.07 bits per heavy atom. The average molecular weight is 252 g/mol. The largest absolute Gasteiger partial charge is 0.265 e. The highest BCUT2D eigenvalue weighted by Crippen LogP contribution is 2.15. The maximum Gasteiger partial charge on any atom is 0.0679 e. The maximum atomic E-state index is 4.32. The van der Waals surface area contributed by atoms with Gasteiger partial charge in [-0.1, -0.05) is 15.9 Å². The lowest BCUT2D eigenvalue weighted by Gasteiger charge is -2.03. The third-order valence-corrected chi connectivity index (χ3v) is 2.77. The molecule has 0 aliphatic carbocycles. The van der Waals surface area contributed by atoms with Crippen LogP contribution in [-0.2, 0) is 5.33 Å². The molecule has 0 unspecified atom stereocenters. The van der Waals surface area contributed by atoms with E-state index in [0.29, 0.717) is 0 Å². The van der Waals surface area contributed by atoms with Crippen LogP contribution in [0.1, 0.15) is 11.3 Å². The minimum absolute atomic E-state index is 0.837. The highest BCUT2D eigenvalue weighted by atomic mass is 79.9.